The third-order valence-electron chi connectivity index (χ3n) is 3.58. The van der Waals surface area contributed by atoms with E-state index in [1.165, 1.54) is 17.8 Å². The maximum atomic E-state index is 12.2. The largest absolute Gasteiger partial charge is 0.482 e. The number of carboxylic acids is 1. The number of likely N-dealkylation sites (tertiary alicyclic amines) is 1. The number of thiophene rings is 1. The Bertz CT molecular complexity index is 504. The van der Waals surface area contributed by atoms with Gasteiger partial charge in [0.2, 0.25) is 0 Å². The van der Waals surface area contributed by atoms with Crippen molar-refractivity contribution in [1.29, 1.82) is 0 Å². The summed E-state index contributed by atoms with van der Waals surface area (Å²) in [5, 5.41) is 9.10. The highest BCUT2D eigenvalue weighted by molar-refractivity contribution is 7.14. The number of hydrogen-bond donors (Lipinski definition) is 1. The molecule has 116 valence electrons. The van der Waals surface area contributed by atoms with Gasteiger partial charge >= 0.3 is 5.97 Å². The predicted octanol–water partition coefficient (Wildman–Crippen LogP) is 2.93. The zero-order chi connectivity index (χ0) is 15.2. The lowest BCUT2D eigenvalue weighted by Crippen LogP contribution is -2.37. The molecule has 1 aliphatic heterocycles. The molecular weight excluding hydrogens is 290 g/mol. The van der Waals surface area contributed by atoms with Crippen LogP contribution in [0.5, 0.6) is 5.75 Å². The number of nitrogens with zero attached hydrogens (tertiary/aromatic N) is 1. The third-order valence-corrected chi connectivity index (χ3v) is 4.60. The summed E-state index contributed by atoms with van der Waals surface area (Å²) >= 11 is 1.17. The van der Waals surface area contributed by atoms with Gasteiger partial charge in [-0.1, -0.05) is 19.3 Å². The number of ether oxygens (including phenoxy) is 1. The summed E-state index contributed by atoms with van der Waals surface area (Å²) in [6.07, 6.45) is 5.64. The zero-order valence-corrected chi connectivity index (χ0v) is 13.1. The Labute approximate surface area is 128 Å². The van der Waals surface area contributed by atoms with E-state index in [9.17, 15) is 9.59 Å². The van der Waals surface area contributed by atoms with Crippen molar-refractivity contribution < 1.29 is 19.4 Å². The van der Waals surface area contributed by atoms with Crippen molar-refractivity contribution in [1.82, 2.24) is 4.90 Å². The van der Waals surface area contributed by atoms with Crippen molar-refractivity contribution in [2.24, 2.45) is 0 Å². The van der Waals surface area contributed by atoms with Crippen molar-refractivity contribution >= 4 is 23.2 Å². The minimum absolute atomic E-state index is 0.0582. The average molecular weight is 311 g/mol. The maximum absolute atomic E-state index is 12.2. The number of aromatic carboxylic acids is 1. The van der Waals surface area contributed by atoms with Gasteiger partial charge in [0, 0.05) is 18.0 Å². The van der Waals surface area contributed by atoms with Crippen LogP contribution in [0.3, 0.4) is 0 Å². The van der Waals surface area contributed by atoms with Gasteiger partial charge in [-0.25, -0.2) is 4.79 Å². The Hall–Kier alpha value is -1.56. The number of hydrogen-bond acceptors (Lipinski definition) is 4. The number of aryl methyl sites for hydroxylation is 1. The second-order valence-electron chi connectivity index (χ2n) is 5.29. The molecule has 0 aliphatic carbocycles. The number of rotatable bonds is 4. The summed E-state index contributed by atoms with van der Waals surface area (Å²) in [7, 11) is 0. The van der Waals surface area contributed by atoms with Gasteiger partial charge in [-0.05, 0) is 25.8 Å². The van der Waals surface area contributed by atoms with Gasteiger partial charge in [0.1, 0.15) is 5.75 Å². The average Bonchev–Trinajstić information content (AvgIpc) is 2.77. The fraction of sp³-hybridized carbons (Fsp3) is 0.600. The van der Waals surface area contributed by atoms with Crippen LogP contribution in [-0.4, -0.2) is 41.6 Å². The summed E-state index contributed by atoms with van der Waals surface area (Å²) in [5.74, 6) is -0.774. The molecule has 0 aromatic carbocycles. The summed E-state index contributed by atoms with van der Waals surface area (Å²) in [6.45, 7) is 3.29. The number of carbonyl (C=O) groups is 2. The molecule has 6 heteroatoms. The monoisotopic (exact) mass is 311 g/mol. The lowest BCUT2D eigenvalue weighted by Gasteiger charge is -2.24. The van der Waals surface area contributed by atoms with E-state index >= 15 is 0 Å². The predicted molar refractivity (Wildman–Crippen MR) is 81.2 cm³/mol. The SMILES string of the molecule is Cc1cc(OCC(=O)N2CCCCCCC2)c(C(=O)O)s1. The van der Waals surface area contributed by atoms with Crippen LogP contribution in [0.4, 0.5) is 0 Å². The molecule has 1 saturated heterocycles. The minimum Gasteiger partial charge on any atom is -0.482 e. The highest BCUT2D eigenvalue weighted by atomic mass is 32.1. The molecule has 0 atom stereocenters. The zero-order valence-electron chi connectivity index (χ0n) is 12.3. The second-order valence-corrected chi connectivity index (χ2v) is 6.55. The van der Waals surface area contributed by atoms with Crippen LogP contribution in [0.1, 0.15) is 46.7 Å². The fourth-order valence-corrected chi connectivity index (χ4v) is 3.27. The number of amides is 1. The van der Waals surface area contributed by atoms with Gasteiger partial charge < -0.3 is 14.7 Å². The molecule has 5 nitrogen and oxygen atoms in total. The van der Waals surface area contributed by atoms with Gasteiger partial charge in [-0.15, -0.1) is 11.3 Å². The summed E-state index contributed by atoms with van der Waals surface area (Å²) in [6, 6.07) is 1.68. The molecule has 1 aliphatic rings. The first-order valence-corrected chi connectivity index (χ1v) is 8.14. The summed E-state index contributed by atoms with van der Waals surface area (Å²) in [5.41, 5.74) is 0. The van der Waals surface area contributed by atoms with Crippen LogP contribution in [0.25, 0.3) is 0 Å². The van der Waals surface area contributed by atoms with E-state index in [1.807, 2.05) is 11.8 Å². The maximum Gasteiger partial charge on any atom is 0.349 e. The fourth-order valence-electron chi connectivity index (χ4n) is 2.47. The van der Waals surface area contributed by atoms with Crippen LogP contribution >= 0.6 is 11.3 Å². The second kappa shape index (κ2) is 7.45. The smallest absolute Gasteiger partial charge is 0.349 e. The van der Waals surface area contributed by atoms with Gasteiger partial charge in [0.15, 0.2) is 11.5 Å². The first-order chi connectivity index (χ1) is 10.1. The summed E-state index contributed by atoms with van der Waals surface area (Å²) in [4.78, 5) is 26.1. The van der Waals surface area contributed by atoms with E-state index in [2.05, 4.69) is 0 Å². The quantitative estimate of drug-likeness (QED) is 0.928. The topological polar surface area (TPSA) is 66.8 Å². The van der Waals surface area contributed by atoms with E-state index in [0.29, 0.717) is 5.75 Å². The lowest BCUT2D eigenvalue weighted by molar-refractivity contribution is -0.133. The molecule has 21 heavy (non-hydrogen) atoms. The molecule has 2 heterocycles. The van der Waals surface area contributed by atoms with E-state index in [4.69, 9.17) is 9.84 Å². The van der Waals surface area contributed by atoms with Crippen LogP contribution in [0.15, 0.2) is 6.07 Å². The molecule has 1 fully saturated rings. The highest BCUT2D eigenvalue weighted by Gasteiger charge is 2.19. The van der Waals surface area contributed by atoms with Crippen LogP contribution in [0.2, 0.25) is 0 Å². The van der Waals surface area contributed by atoms with Crippen molar-refractivity contribution in [2.45, 2.75) is 39.0 Å². The molecule has 1 aromatic heterocycles. The molecule has 0 bridgehead atoms. The lowest BCUT2D eigenvalue weighted by atomic mass is 10.1. The molecule has 0 spiro atoms. The highest BCUT2D eigenvalue weighted by Crippen LogP contribution is 2.28. The van der Waals surface area contributed by atoms with Gasteiger partial charge in [0.05, 0.1) is 0 Å². The molecule has 0 unspecified atom stereocenters. The van der Waals surface area contributed by atoms with Crippen LogP contribution < -0.4 is 4.74 Å². The van der Waals surface area contributed by atoms with Crippen molar-refractivity contribution in [3.63, 3.8) is 0 Å². The first kappa shape index (κ1) is 15.8. The van der Waals surface area contributed by atoms with E-state index < -0.39 is 5.97 Å². The Morgan fingerprint density at radius 3 is 2.48 bits per heavy atom. The molecule has 1 aromatic rings. The summed E-state index contributed by atoms with van der Waals surface area (Å²) < 4.78 is 5.44. The standard InChI is InChI=1S/C15H21NO4S/c1-11-9-12(14(21-11)15(18)19)20-10-13(17)16-7-5-3-2-4-6-8-16/h9H,2-8,10H2,1H3,(H,18,19). The Morgan fingerprint density at radius 2 is 1.86 bits per heavy atom. The first-order valence-electron chi connectivity index (χ1n) is 7.32. The Balaban J connectivity index is 1.92. The Morgan fingerprint density at radius 1 is 1.24 bits per heavy atom. The van der Waals surface area contributed by atoms with Crippen LogP contribution in [-0.2, 0) is 4.79 Å². The molecule has 0 radical (unpaired) electrons. The van der Waals surface area contributed by atoms with Crippen molar-refractivity contribution in [3.05, 3.63) is 15.8 Å². The minimum atomic E-state index is -1.01. The van der Waals surface area contributed by atoms with Gasteiger partial charge in [0.25, 0.3) is 5.91 Å². The van der Waals surface area contributed by atoms with Crippen molar-refractivity contribution in [2.75, 3.05) is 19.7 Å². The number of carbonyl (C=O) groups excluding carboxylic acids is 1. The molecular formula is C15H21NO4S. The normalized spacial score (nSPS) is 16.1. The van der Waals surface area contributed by atoms with E-state index in [-0.39, 0.29) is 17.4 Å². The molecule has 1 amide bonds. The molecule has 0 saturated carbocycles. The van der Waals surface area contributed by atoms with E-state index in [1.54, 1.807) is 6.07 Å². The van der Waals surface area contributed by atoms with Gasteiger partial charge in [-0.3, -0.25) is 4.79 Å². The van der Waals surface area contributed by atoms with Gasteiger partial charge in [-0.2, -0.15) is 0 Å². The van der Waals surface area contributed by atoms with Crippen LogP contribution in [0, 0.1) is 6.92 Å². The number of carboxylic acid groups (broad SMARTS) is 1. The van der Waals surface area contributed by atoms with E-state index in [0.717, 1.165) is 43.6 Å². The third kappa shape index (κ3) is 4.46. The molecule has 1 N–H and O–H groups in total. The Kier molecular flexibility index (Phi) is 5.61. The molecule has 2 rings (SSSR count). The van der Waals surface area contributed by atoms with Crippen molar-refractivity contribution in [3.8, 4) is 5.75 Å².